The third-order valence-corrected chi connectivity index (χ3v) is 3.93. The summed E-state index contributed by atoms with van der Waals surface area (Å²) in [5.41, 5.74) is 0. The van der Waals surface area contributed by atoms with E-state index in [2.05, 4.69) is 10.00 Å². The minimum atomic E-state index is -0.0587. The summed E-state index contributed by atoms with van der Waals surface area (Å²) in [5, 5.41) is 4.24. The zero-order valence-corrected chi connectivity index (χ0v) is 12.2. The molecular formula is C12H20N4O2S. The molecule has 1 aromatic rings. The van der Waals surface area contributed by atoms with Gasteiger partial charge in [0.15, 0.2) is 4.77 Å². The lowest BCUT2D eigenvalue weighted by atomic mass is 9.97. The number of nitrogens with zero attached hydrogens (tertiary/aromatic N) is 4. The summed E-state index contributed by atoms with van der Waals surface area (Å²) >= 11 is 5.26. The van der Waals surface area contributed by atoms with Crippen LogP contribution in [-0.4, -0.2) is 44.9 Å². The number of aromatic nitrogens is 3. The number of likely N-dealkylation sites (tertiary alicyclic amines) is 1. The monoisotopic (exact) mass is 284 g/mol. The van der Waals surface area contributed by atoms with Gasteiger partial charge in [-0.3, -0.25) is 9.69 Å². The molecule has 0 spiro atoms. The van der Waals surface area contributed by atoms with Crippen LogP contribution in [0, 0.1) is 10.7 Å². The molecule has 1 aliphatic rings. The lowest BCUT2D eigenvalue weighted by Crippen LogP contribution is -2.38. The van der Waals surface area contributed by atoms with E-state index in [1.54, 1.807) is 11.0 Å². The van der Waals surface area contributed by atoms with Gasteiger partial charge >= 0.3 is 5.97 Å². The van der Waals surface area contributed by atoms with Crippen molar-refractivity contribution in [3.8, 4) is 0 Å². The molecule has 0 N–H and O–H groups in total. The highest BCUT2D eigenvalue weighted by atomic mass is 32.1. The van der Waals surface area contributed by atoms with Crippen molar-refractivity contribution < 1.29 is 9.53 Å². The highest BCUT2D eigenvalue weighted by molar-refractivity contribution is 7.71. The molecule has 0 unspecified atom stereocenters. The van der Waals surface area contributed by atoms with E-state index < -0.39 is 0 Å². The topological polar surface area (TPSA) is 52.3 Å². The van der Waals surface area contributed by atoms with Crippen LogP contribution in [0.1, 0.15) is 19.8 Å². The van der Waals surface area contributed by atoms with Crippen molar-refractivity contribution in [2.45, 2.75) is 26.4 Å². The molecule has 0 aromatic carbocycles. The summed E-state index contributed by atoms with van der Waals surface area (Å²) in [7, 11) is 1.89. The van der Waals surface area contributed by atoms with Crippen LogP contribution in [0.5, 0.6) is 0 Å². The molecule has 0 atom stereocenters. The molecule has 1 saturated heterocycles. The molecular weight excluding hydrogens is 264 g/mol. The van der Waals surface area contributed by atoms with Crippen LogP contribution in [0.4, 0.5) is 0 Å². The summed E-state index contributed by atoms with van der Waals surface area (Å²) in [6, 6.07) is 0. The molecule has 7 heteroatoms. The molecule has 19 heavy (non-hydrogen) atoms. The van der Waals surface area contributed by atoms with E-state index in [0.29, 0.717) is 18.0 Å². The lowest BCUT2D eigenvalue weighted by Gasteiger charge is -2.30. The predicted octanol–water partition coefficient (Wildman–Crippen LogP) is 1.18. The van der Waals surface area contributed by atoms with Gasteiger partial charge in [0.1, 0.15) is 6.33 Å². The molecule has 2 rings (SSSR count). The van der Waals surface area contributed by atoms with E-state index in [0.717, 1.165) is 25.9 Å². The average molecular weight is 284 g/mol. The highest BCUT2D eigenvalue weighted by Gasteiger charge is 2.26. The maximum atomic E-state index is 11.6. The maximum absolute atomic E-state index is 11.6. The molecule has 1 fully saturated rings. The number of esters is 1. The average Bonchev–Trinajstić information content (AvgIpc) is 2.72. The Bertz CT molecular complexity index is 488. The van der Waals surface area contributed by atoms with Gasteiger partial charge in [0.25, 0.3) is 0 Å². The molecule has 2 heterocycles. The highest BCUT2D eigenvalue weighted by Crippen LogP contribution is 2.19. The number of aryl methyl sites for hydroxylation is 1. The SMILES string of the molecule is CCOC(=O)C1CCN(Cn2ncn(C)c2=S)CC1. The molecule has 0 radical (unpaired) electrons. The molecule has 106 valence electrons. The van der Waals surface area contributed by atoms with E-state index in [-0.39, 0.29) is 11.9 Å². The summed E-state index contributed by atoms with van der Waals surface area (Å²) < 4.78 is 9.40. The van der Waals surface area contributed by atoms with Crippen molar-refractivity contribution in [2.24, 2.45) is 13.0 Å². The summed E-state index contributed by atoms with van der Waals surface area (Å²) in [5.74, 6) is -0.00972. The van der Waals surface area contributed by atoms with Gasteiger partial charge in [-0.25, -0.2) is 4.68 Å². The Morgan fingerprint density at radius 2 is 2.21 bits per heavy atom. The fourth-order valence-corrected chi connectivity index (χ4v) is 2.43. The fraction of sp³-hybridized carbons (Fsp3) is 0.750. The molecule has 1 aromatic heterocycles. The van der Waals surface area contributed by atoms with Crippen molar-refractivity contribution in [1.82, 2.24) is 19.2 Å². The Kier molecular flexibility index (Phi) is 4.71. The first-order valence-corrected chi connectivity index (χ1v) is 7.00. The standard InChI is InChI=1S/C12H20N4O2S/c1-3-18-11(17)10-4-6-15(7-5-10)9-16-12(19)14(2)8-13-16/h8,10H,3-7,9H2,1-2H3. The number of hydrogen-bond donors (Lipinski definition) is 0. The van der Waals surface area contributed by atoms with Gasteiger partial charge in [0.2, 0.25) is 0 Å². The molecule has 6 nitrogen and oxygen atoms in total. The van der Waals surface area contributed by atoms with E-state index in [9.17, 15) is 4.79 Å². The summed E-state index contributed by atoms with van der Waals surface area (Å²) in [6.07, 6.45) is 3.41. The second-order valence-electron chi connectivity index (χ2n) is 4.81. The van der Waals surface area contributed by atoms with Gasteiger partial charge in [0.05, 0.1) is 19.2 Å². The van der Waals surface area contributed by atoms with Crippen LogP contribution in [0.25, 0.3) is 0 Å². The number of ether oxygens (including phenoxy) is 1. The second-order valence-corrected chi connectivity index (χ2v) is 5.17. The predicted molar refractivity (Wildman–Crippen MR) is 73.0 cm³/mol. The third kappa shape index (κ3) is 3.42. The van der Waals surface area contributed by atoms with Gasteiger partial charge in [-0.1, -0.05) is 0 Å². The Hall–Kier alpha value is -1.21. The fourth-order valence-electron chi connectivity index (χ4n) is 2.28. The zero-order valence-electron chi connectivity index (χ0n) is 11.4. The van der Waals surface area contributed by atoms with E-state index in [1.807, 2.05) is 18.5 Å². The second kappa shape index (κ2) is 6.29. The van der Waals surface area contributed by atoms with Crippen molar-refractivity contribution in [2.75, 3.05) is 19.7 Å². The number of carbonyl (C=O) groups is 1. The number of hydrogen-bond acceptors (Lipinski definition) is 5. The van der Waals surface area contributed by atoms with Gasteiger partial charge in [-0.05, 0) is 32.0 Å². The van der Waals surface area contributed by atoms with Gasteiger partial charge in [-0.2, -0.15) is 5.10 Å². The van der Waals surface area contributed by atoms with Gasteiger partial charge < -0.3 is 9.30 Å². The molecule has 0 amide bonds. The first kappa shape index (κ1) is 14.2. The van der Waals surface area contributed by atoms with Crippen LogP contribution >= 0.6 is 12.2 Å². The number of carbonyl (C=O) groups excluding carboxylic acids is 1. The van der Waals surface area contributed by atoms with Crippen LogP contribution in [0.2, 0.25) is 0 Å². The van der Waals surface area contributed by atoms with Crippen molar-refractivity contribution in [3.63, 3.8) is 0 Å². The van der Waals surface area contributed by atoms with Crippen LogP contribution < -0.4 is 0 Å². The molecule has 1 aliphatic heterocycles. The normalized spacial score (nSPS) is 17.6. The van der Waals surface area contributed by atoms with Gasteiger partial charge in [0, 0.05) is 20.1 Å². The Morgan fingerprint density at radius 1 is 1.53 bits per heavy atom. The van der Waals surface area contributed by atoms with Crippen LogP contribution in [-0.2, 0) is 23.2 Å². The Labute approximate surface area is 118 Å². The molecule has 0 saturated carbocycles. The van der Waals surface area contributed by atoms with Crippen molar-refractivity contribution >= 4 is 18.2 Å². The van der Waals surface area contributed by atoms with E-state index in [1.165, 1.54) is 0 Å². The zero-order chi connectivity index (χ0) is 13.8. The Balaban J connectivity index is 1.85. The Morgan fingerprint density at radius 3 is 2.74 bits per heavy atom. The minimum absolute atomic E-state index is 0.0490. The largest absolute Gasteiger partial charge is 0.466 e. The lowest BCUT2D eigenvalue weighted by molar-refractivity contribution is -0.149. The quantitative estimate of drug-likeness (QED) is 0.614. The summed E-state index contributed by atoms with van der Waals surface area (Å²) in [4.78, 5) is 13.9. The molecule has 0 bridgehead atoms. The number of rotatable bonds is 4. The van der Waals surface area contributed by atoms with Gasteiger partial charge in [-0.15, -0.1) is 0 Å². The minimum Gasteiger partial charge on any atom is -0.466 e. The van der Waals surface area contributed by atoms with Crippen molar-refractivity contribution in [3.05, 3.63) is 11.1 Å². The molecule has 0 aliphatic carbocycles. The smallest absolute Gasteiger partial charge is 0.309 e. The third-order valence-electron chi connectivity index (χ3n) is 3.43. The maximum Gasteiger partial charge on any atom is 0.309 e. The van der Waals surface area contributed by atoms with Crippen LogP contribution in [0.15, 0.2) is 6.33 Å². The first-order chi connectivity index (χ1) is 9.11. The van der Waals surface area contributed by atoms with Crippen LogP contribution in [0.3, 0.4) is 0 Å². The van der Waals surface area contributed by atoms with E-state index >= 15 is 0 Å². The summed E-state index contributed by atoms with van der Waals surface area (Å²) in [6.45, 7) is 4.75. The van der Waals surface area contributed by atoms with Crippen molar-refractivity contribution in [1.29, 1.82) is 0 Å². The number of piperidine rings is 1. The first-order valence-electron chi connectivity index (χ1n) is 6.59. The van der Waals surface area contributed by atoms with E-state index in [4.69, 9.17) is 17.0 Å².